The van der Waals surface area contributed by atoms with Crippen LogP contribution < -0.4 is 10.6 Å². The first-order chi connectivity index (χ1) is 8.06. The Morgan fingerprint density at radius 1 is 1.59 bits per heavy atom. The van der Waals surface area contributed by atoms with E-state index in [1.54, 1.807) is 11.3 Å². The molecule has 0 radical (unpaired) electrons. The maximum atomic E-state index is 11.8. The number of carbonyl (C=O) groups is 1. The number of nitrogens with zero attached hydrogens (tertiary/aromatic N) is 1. The highest BCUT2D eigenvalue weighted by Gasteiger charge is 2.30. The summed E-state index contributed by atoms with van der Waals surface area (Å²) in [5.74, 6) is 1.02. The minimum Gasteiger partial charge on any atom is -0.340 e. The van der Waals surface area contributed by atoms with Crippen LogP contribution in [0.4, 0.5) is 0 Å². The average molecular weight is 316 g/mol. The van der Waals surface area contributed by atoms with Gasteiger partial charge < -0.3 is 5.32 Å². The van der Waals surface area contributed by atoms with E-state index in [4.69, 9.17) is 0 Å². The van der Waals surface area contributed by atoms with Crippen molar-refractivity contribution in [2.24, 2.45) is 10.9 Å². The van der Waals surface area contributed by atoms with Gasteiger partial charge in [-0.15, -0.1) is 11.3 Å². The van der Waals surface area contributed by atoms with Gasteiger partial charge in [-0.1, -0.05) is 13.8 Å². The van der Waals surface area contributed by atoms with Gasteiger partial charge in [-0.2, -0.15) is 0 Å². The first kappa shape index (κ1) is 12.6. The molecule has 0 aliphatic carbocycles. The molecule has 17 heavy (non-hydrogen) atoms. The molecule has 2 heterocycles. The summed E-state index contributed by atoms with van der Waals surface area (Å²) < 4.78 is 1.000. The van der Waals surface area contributed by atoms with Crippen LogP contribution in [0.15, 0.2) is 20.9 Å². The fourth-order valence-corrected chi connectivity index (χ4v) is 2.96. The van der Waals surface area contributed by atoms with Crippen molar-refractivity contribution in [1.29, 1.82) is 0 Å². The highest BCUT2D eigenvalue weighted by molar-refractivity contribution is 9.10. The normalized spacial score (nSPS) is 22.0. The minimum absolute atomic E-state index is 0.0399. The highest BCUT2D eigenvalue weighted by Crippen LogP contribution is 2.27. The van der Waals surface area contributed by atoms with Crippen LogP contribution in [0.5, 0.6) is 0 Å². The first-order valence-corrected chi connectivity index (χ1v) is 7.09. The zero-order valence-electron chi connectivity index (χ0n) is 9.66. The van der Waals surface area contributed by atoms with E-state index in [1.165, 1.54) is 0 Å². The number of guanidine groups is 1. The summed E-state index contributed by atoms with van der Waals surface area (Å²) in [5, 5.41) is 7.83. The topological polar surface area (TPSA) is 53.5 Å². The summed E-state index contributed by atoms with van der Waals surface area (Å²) in [7, 11) is 0. The van der Waals surface area contributed by atoms with Gasteiger partial charge in [-0.25, -0.2) is 0 Å². The van der Waals surface area contributed by atoms with Gasteiger partial charge in [0.05, 0.1) is 0 Å². The number of nitrogens with one attached hydrogen (secondary N) is 2. The molecule has 1 amide bonds. The zero-order chi connectivity index (χ0) is 12.4. The molecular formula is C11H14BrN3OS. The number of amides is 1. The predicted molar refractivity (Wildman–Crippen MR) is 73.2 cm³/mol. The molecule has 4 nitrogen and oxygen atoms in total. The van der Waals surface area contributed by atoms with Gasteiger partial charge in [0.2, 0.25) is 0 Å². The second-order valence-electron chi connectivity index (χ2n) is 4.32. The predicted octanol–water partition coefficient (Wildman–Crippen LogP) is 2.28. The lowest BCUT2D eigenvalue weighted by atomic mass is 10.2. The summed E-state index contributed by atoms with van der Waals surface area (Å²) in [6, 6.07) is 1.64. The van der Waals surface area contributed by atoms with Crippen molar-refractivity contribution in [1.82, 2.24) is 10.6 Å². The highest BCUT2D eigenvalue weighted by atomic mass is 79.9. The molecule has 0 spiro atoms. The SMILES string of the molecule is CC(C)CN=C1NC(=O)C(c2cc(Br)cs2)N1. The first-order valence-electron chi connectivity index (χ1n) is 5.42. The molecule has 1 aliphatic heterocycles. The van der Waals surface area contributed by atoms with Crippen molar-refractivity contribution in [2.45, 2.75) is 19.9 Å². The number of hydrogen-bond donors (Lipinski definition) is 2. The lowest BCUT2D eigenvalue weighted by Crippen LogP contribution is -2.26. The largest absolute Gasteiger partial charge is 0.340 e. The lowest BCUT2D eigenvalue weighted by molar-refractivity contribution is -0.120. The zero-order valence-corrected chi connectivity index (χ0v) is 12.1. The van der Waals surface area contributed by atoms with E-state index in [-0.39, 0.29) is 11.9 Å². The smallest absolute Gasteiger partial charge is 0.254 e. The fraction of sp³-hybridized carbons (Fsp3) is 0.455. The molecule has 1 saturated heterocycles. The van der Waals surface area contributed by atoms with E-state index in [9.17, 15) is 4.79 Å². The van der Waals surface area contributed by atoms with Gasteiger partial charge in [0.1, 0.15) is 6.04 Å². The number of aliphatic imine (C=N–C) groups is 1. The van der Waals surface area contributed by atoms with Crippen LogP contribution in [0.1, 0.15) is 24.8 Å². The van der Waals surface area contributed by atoms with Gasteiger partial charge in [0.15, 0.2) is 5.96 Å². The molecule has 0 saturated carbocycles. The van der Waals surface area contributed by atoms with E-state index in [2.05, 4.69) is 45.4 Å². The van der Waals surface area contributed by atoms with Gasteiger partial charge in [-0.05, 0) is 27.9 Å². The van der Waals surface area contributed by atoms with Crippen molar-refractivity contribution >= 4 is 39.1 Å². The van der Waals surface area contributed by atoms with Crippen LogP contribution in [0.2, 0.25) is 0 Å². The van der Waals surface area contributed by atoms with E-state index in [0.717, 1.165) is 9.35 Å². The van der Waals surface area contributed by atoms with Crippen LogP contribution in [0.25, 0.3) is 0 Å². The average Bonchev–Trinajstić information content (AvgIpc) is 2.82. The molecule has 1 atom stereocenters. The molecule has 1 fully saturated rings. The quantitative estimate of drug-likeness (QED) is 0.899. The van der Waals surface area contributed by atoms with Crippen LogP contribution in [0, 0.1) is 5.92 Å². The number of halogens is 1. The Morgan fingerprint density at radius 3 is 2.94 bits per heavy atom. The van der Waals surface area contributed by atoms with Gasteiger partial charge in [0, 0.05) is 21.3 Å². The van der Waals surface area contributed by atoms with Crippen molar-refractivity contribution in [2.75, 3.05) is 6.54 Å². The summed E-state index contributed by atoms with van der Waals surface area (Å²) in [4.78, 5) is 17.1. The molecular weight excluding hydrogens is 302 g/mol. The van der Waals surface area contributed by atoms with Crippen LogP contribution in [-0.2, 0) is 4.79 Å². The Kier molecular flexibility index (Phi) is 3.83. The third kappa shape index (κ3) is 3.07. The Hall–Kier alpha value is -0.880. The second-order valence-corrected chi connectivity index (χ2v) is 6.18. The third-order valence-corrected chi connectivity index (χ3v) is 4.03. The van der Waals surface area contributed by atoms with Crippen molar-refractivity contribution in [3.05, 3.63) is 20.8 Å². The molecule has 0 aromatic carbocycles. The summed E-state index contributed by atoms with van der Waals surface area (Å²) in [6.07, 6.45) is 0. The summed E-state index contributed by atoms with van der Waals surface area (Å²) in [6.45, 7) is 4.90. The molecule has 1 unspecified atom stereocenters. The lowest BCUT2D eigenvalue weighted by Gasteiger charge is -2.04. The molecule has 2 N–H and O–H groups in total. The van der Waals surface area contributed by atoms with E-state index in [0.29, 0.717) is 18.4 Å². The van der Waals surface area contributed by atoms with E-state index in [1.807, 2.05) is 11.4 Å². The van der Waals surface area contributed by atoms with E-state index >= 15 is 0 Å². The van der Waals surface area contributed by atoms with Gasteiger partial charge in [0.25, 0.3) is 5.91 Å². The van der Waals surface area contributed by atoms with Crippen molar-refractivity contribution in [3.8, 4) is 0 Å². The van der Waals surface area contributed by atoms with Crippen molar-refractivity contribution in [3.63, 3.8) is 0 Å². The second kappa shape index (κ2) is 5.18. The summed E-state index contributed by atoms with van der Waals surface area (Å²) >= 11 is 4.94. The maximum Gasteiger partial charge on any atom is 0.254 e. The molecule has 1 aliphatic rings. The Morgan fingerprint density at radius 2 is 2.35 bits per heavy atom. The molecule has 6 heteroatoms. The van der Waals surface area contributed by atoms with Crippen LogP contribution in [0.3, 0.4) is 0 Å². The Bertz CT molecular complexity index is 455. The molecule has 2 rings (SSSR count). The fourth-order valence-electron chi connectivity index (χ4n) is 1.47. The minimum atomic E-state index is -0.308. The van der Waals surface area contributed by atoms with Crippen LogP contribution >= 0.6 is 27.3 Å². The molecule has 1 aromatic heterocycles. The molecule has 0 bridgehead atoms. The Labute approximate surface area is 113 Å². The number of carbonyl (C=O) groups excluding carboxylic acids is 1. The monoisotopic (exact) mass is 315 g/mol. The number of hydrogen-bond acceptors (Lipinski definition) is 3. The summed E-state index contributed by atoms with van der Waals surface area (Å²) in [5.41, 5.74) is 0. The van der Waals surface area contributed by atoms with E-state index < -0.39 is 0 Å². The third-order valence-electron chi connectivity index (χ3n) is 2.27. The number of rotatable bonds is 3. The number of thiophene rings is 1. The molecule has 1 aromatic rings. The standard InChI is InChI=1S/C11H14BrN3OS/c1-6(2)4-13-11-14-9(10(16)15-11)8-3-7(12)5-17-8/h3,5-6,9H,4H2,1-2H3,(H2,13,14,15,16). The Balaban J connectivity index is 2.07. The van der Waals surface area contributed by atoms with Crippen LogP contribution in [-0.4, -0.2) is 18.4 Å². The van der Waals surface area contributed by atoms with Gasteiger partial charge >= 0.3 is 0 Å². The maximum absolute atomic E-state index is 11.8. The van der Waals surface area contributed by atoms with Gasteiger partial charge in [-0.3, -0.25) is 15.1 Å². The molecule has 92 valence electrons. The van der Waals surface area contributed by atoms with Crippen molar-refractivity contribution < 1.29 is 4.79 Å².